The molecule has 83 heavy (non-hydrogen) atoms. The molecule has 0 atom stereocenters. The predicted molar refractivity (Wildman–Crippen MR) is 341 cm³/mol. The molecule has 5 aromatic heterocycles. The summed E-state index contributed by atoms with van der Waals surface area (Å²) in [6, 6.07) is 95.5. The van der Waals surface area contributed by atoms with Gasteiger partial charge in [0.15, 0.2) is 0 Å². The molecule has 18 rings (SSSR count). The third-order valence-electron chi connectivity index (χ3n) is 17.6. The van der Waals surface area contributed by atoms with E-state index in [1.54, 1.807) is 0 Å². The first-order valence-electron chi connectivity index (χ1n) is 28.0. The Morgan fingerprint density at radius 3 is 1.17 bits per heavy atom. The number of hydrogen-bond acceptors (Lipinski definition) is 3. The Labute approximate surface area is 473 Å². The van der Waals surface area contributed by atoms with E-state index in [0.717, 1.165) is 131 Å². The lowest BCUT2D eigenvalue weighted by Gasteiger charge is -2.27. The van der Waals surface area contributed by atoms with Crippen LogP contribution in [-0.4, -0.2) is 18.3 Å². The highest BCUT2D eigenvalue weighted by molar-refractivity contribution is 6.29. The smallest absolute Gasteiger partial charge is 0.137 e. The Kier molecular flexibility index (Phi) is 9.23. The summed E-state index contributed by atoms with van der Waals surface area (Å²) in [5.74, 6) is 0. The van der Waals surface area contributed by atoms with Crippen LogP contribution in [0.4, 0.5) is 0 Å². The SMILES string of the molecule is N#Cc1c(-n2c3ccccc3c3ccccc32)c(C#N)c(-n2c3ccccc3c3ccccc32)c(-n2c3cccc(-c4cccc5ccc6ccccc6c45)c3c3ccc4oc5ccccc5c4c32)c1-n1c2ccccc2c2ccccc21. The van der Waals surface area contributed by atoms with Crippen LogP contribution in [0.5, 0.6) is 0 Å². The fraction of sp³-hybridized carbons (Fsp3) is 0. The van der Waals surface area contributed by atoms with Crippen molar-refractivity contribution in [1.82, 2.24) is 18.3 Å². The number of nitriles is 2. The maximum Gasteiger partial charge on any atom is 0.137 e. The van der Waals surface area contributed by atoms with Crippen LogP contribution < -0.4 is 0 Å². The Balaban J connectivity index is 1.17. The van der Waals surface area contributed by atoms with Gasteiger partial charge in [0.1, 0.15) is 34.4 Å². The van der Waals surface area contributed by atoms with Gasteiger partial charge < -0.3 is 22.7 Å². The monoisotopic (exact) mass is 1050 g/mol. The van der Waals surface area contributed by atoms with E-state index in [2.05, 4.69) is 261 Å². The molecule has 0 aliphatic carbocycles. The minimum Gasteiger partial charge on any atom is -0.456 e. The molecule has 0 saturated carbocycles. The van der Waals surface area contributed by atoms with Gasteiger partial charge in [-0.05, 0) is 93.3 Å². The Morgan fingerprint density at radius 1 is 0.253 bits per heavy atom. The van der Waals surface area contributed by atoms with Crippen molar-refractivity contribution in [3.05, 3.63) is 266 Å². The summed E-state index contributed by atoms with van der Waals surface area (Å²) in [6.07, 6.45) is 0. The lowest BCUT2D eigenvalue weighted by atomic mass is 9.91. The van der Waals surface area contributed by atoms with Crippen LogP contribution in [0.3, 0.4) is 0 Å². The predicted octanol–water partition coefficient (Wildman–Crippen LogP) is 19.7. The zero-order chi connectivity index (χ0) is 54.6. The molecule has 0 unspecified atom stereocenters. The van der Waals surface area contributed by atoms with E-state index >= 15 is 0 Å². The molecule has 0 saturated heterocycles. The van der Waals surface area contributed by atoms with Gasteiger partial charge in [-0.2, -0.15) is 10.5 Å². The van der Waals surface area contributed by atoms with Crippen LogP contribution in [0.1, 0.15) is 11.1 Å². The zero-order valence-corrected chi connectivity index (χ0v) is 44.3. The summed E-state index contributed by atoms with van der Waals surface area (Å²) < 4.78 is 16.1. The molecule has 0 radical (unpaired) electrons. The van der Waals surface area contributed by atoms with Crippen LogP contribution in [0.2, 0.25) is 0 Å². The molecule has 0 fully saturated rings. The molecule has 0 spiro atoms. The van der Waals surface area contributed by atoms with Crippen LogP contribution in [0.15, 0.2) is 259 Å². The van der Waals surface area contributed by atoms with Crippen molar-refractivity contribution in [3.63, 3.8) is 0 Å². The van der Waals surface area contributed by atoms with Crippen molar-refractivity contribution < 1.29 is 4.42 Å². The number of nitrogens with zero attached hydrogens (tertiary/aromatic N) is 6. The molecular formula is C76H42N6O. The average Bonchev–Trinajstić information content (AvgIpc) is 1.93. The average molecular weight is 1060 g/mol. The molecule has 0 bridgehead atoms. The van der Waals surface area contributed by atoms with Crippen molar-refractivity contribution >= 4 is 131 Å². The van der Waals surface area contributed by atoms with E-state index in [9.17, 15) is 10.5 Å². The highest BCUT2D eigenvalue weighted by Crippen LogP contribution is 2.52. The highest BCUT2D eigenvalue weighted by atomic mass is 16.3. The Bertz CT molecular complexity index is 5670. The molecule has 13 aromatic carbocycles. The number of hydrogen-bond donors (Lipinski definition) is 0. The standard InChI is InChI=1S/C76H42N6O/c77-43-58-72(79-60-31-10-3-22-48(60)49-23-4-11-32-61(49)79)59(44-78)75(81-64-35-14-7-26-52(64)53-27-8-15-36-65(53)81)76(74(58)80-62-33-12-5-24-50(62)51-25-6-13-34-63(51)80)82-66-37-18-30-55(54-29-17-20-46-40-39-45-19-1-2-21-47(45)69(46)54)70(66)57-41-42-68-71(73(57)82)56-28-9-16-38-67(56)83-68/h1-42H. The number of para-hydroxylation sites is 7. The summed E-state index contributed by atoms with van der Waals surface area (Å²) in [7, 11) is 0. The first-order chi connectivity index (χ1) is 41.2. The van der Waals surface area contributed by atoms with Crippen molar-refractivity contribution in [2.75, 3.05) is 0 Å². The van der Waals surface area contributed by atoms with Gasteiger partial charge in [-0.15, -0.1) is 0 Å². The van der Waals surface area contributed by atoms with Gasteiger partial charge in [-0.25, -0.2) is 0 Å². The van der Waals surface area contributed by atoms with Crippen LogP contribution in [-0.2, 0) is 0 Å². The molecule has 0 aliphatic heterocycles. The normalized spacial score (nSPS) is 12.1. The number of aromatic nitrogens is 4. The van der Waals surface area contributed by atoms with E-state index in [0.29, 0.717) is 33.9 Å². The van der Waals surface area contributed by atoms with Crippen molar-refractivity contribution in [3.8, 4) is 46.0 Å². The maximum absolute atomic E-state index is 12.8. The van der Waals surface area contributed by atoms with Crippen molar-refractivity contribution in [2.45, 2.75) is 0 Å². The van der Waals surface area contributed by atoms with Gasteiger partial charge in [0.2, 0.25) is 0 Å². The zero-order valence-electron chi connectivity index (χ0n) is 44.3. The second kappa shape index (κ2) is 16.9. The van der Waals surface area contributed by atoms with E-state index < -0.39 is 0 Å². The number of furan rings is 1. The number of rotatable bonds is 5. The summed E-state index contributed by atoms with van der Waals surface area (Å²) in [5.41, 5.74) is 14.0. The minimum atomic E-state index is 0.343. The van der Waals surface area contributed by atoms with Gasteiger partial charge in [-0.3, -0.25) is 0 Å². The third-order valence-corrected chi connectivity index (χ3v) is 17.6. The number of fused-ring (bicyclic) bond motifs is 19. The summed E-state index contributed by atoms with van der Waals surface area (Å²) >= 11 is 0. The van der Waals surface area contributed by atoms with Crippen LogP contribution in [0.25, 0.3) is 165 Å². The maximum atomic E-state index is 12.8. The molecule has 0 N–H and O–H groups in total. The van der Waals surface area contributed by atoms with Crippen LogP contribution >= 0.6 is 0 Å². The lowest BCUT2D eigenvalue weighted by molar-refractivity contribution is 0.669. The van der Waals surface area contributed by atoms with Crippen molar-refractivity contribution in [2.24, 2.45) is 0 Å². The lowest BCUT2D eigenvalue weighted by Crippen LogP contribution is -2.17. The van der Waals surface area contributed by atoms with Gasteiger partial charge >= 0.3 is 0 Å². The molecule has 5 heterocycles. The number of benzene rings is 13. The van der Waals surface area contributed by atoms with Gasteiger partial charge in [-0.1, -0.05) is 194 Å². The fourth-order valence-electron chi connectivity index (χ4n) is 14.4. The Morgan fingerprint density at radius 2 is 0.651 bits per heavy atom. The van der Waals surface area contributed by atoms with E-state index in [1.165, 1.54) is 10.8 Å². The van der Waals surface area contributed by atoms with E-state index in [-0.39, 0.29) is 0 Å². The summed E-state index contributed by atoms with van der Waals surface area (Å²) in [5, 5.41) is 40.3. The highest BCUT2D eigenvalue weighted by Gasteiger charge is 2.35. The molecule has 0 amide bonds. The molecular weight excluding hydrogens is 1010 g/mol. The summed E-state index contributed by atoms with van der Waals surface area (Å²) in [4.78, 5) is 0. The largest absolute Gasteiger partial charge is 0.456 e. The first-order valence-corrected chi connectivity index (χ1v) is 28.0. The Hall–Kier alpha value is -11.6. The molecule has 7 heteroatoms. The molecule has 18 aromatic rings. The summed E-state index contributed by atoms with van der Waals surface area (Å²) in [6.45, 7) is 0. The second-order valence-electron chi connectivity index (χ2n) is 21.6. The topological polar surface area (TPSA) is 80.4 Å². The fourth-order valence-corrected chi connectivity index (χ4v) is 14.4. The minimum absolute atomic E-state index is 0.343. The van der Waals surface area contributed by atoms with Gasteiger partial charge in [0, 0.05) is 48.5 Å². The van der Waals surface area contributed by atoms with Crippen LogP contribution in [0, 0.1) is 22.7 Å². The molecule has 7 nitrogen and oxygen atoms in total. The quantitative estimate of drug-likeness (QED) is 0.161. The second-order valence-corrected chi connectivity index (χ2v) is 21.6. The first kappa shape index (κ1) is 45.2. The van der Waals surface area contributed by atoms with E-state index in [1.807, 2.05) is 24.3 Å². The van der Waals surface area contributed by atoms with E-state index in [4.69, 9.17) is 4.42 Å². The van der Waals surface area contributed by atoms with Gasteiger partial charge in [0.05, 0.1) is 72.3 Å². The molecule has 382 valence electrons. The third kappa shape index (κ3) is 5.99. The van der Waals surface area contributed by atoms with Gasteiger partial charge in [0.25, 0.3) is 0 Å². The van der Waals surface area contributed by atoms with Crippen molar-refractivity contribution in [1.29, 1.82) is 10.5 Å². The molecule has 0 aliphatic rings.